The van der Waals surface area contributed by atoms with Gasteiger partial charge in [-0.15, -0.1) is 12.4 Å². The minimum atomic E-state index is -4.43. The highest BCUT2D eigenvalue weighted by atomic mass is 35.5. The summed E-state index contributed by atoms with van der Waals surface area (Å²) in [6.45, 7) is 0.414. The van der Waals surface area contributed by atoms with Gasteiger partial charge >= 0.3 is 6.18 Å². The molecule has 1 saturated carbocycles. The normalized spacial score (nSPS) is 24.9. The van der Waals surface area contributed by atoms with Crippen molar-refractivity contribution in [1.29, 1.82) is 0 Å². The summed E-state index contributed by atoms with van der Waals surface area (Å²) >= 11 is 0. The number of nitrogens with two attached hydrogens (primary N) is 1. The Hall–Kier alpha value is -0.490. The van der Waals surface area contributed by atoms with Gasteiger partial charge in [0.05, 0.1) is 0 Å². The van der Waals surface area contributed by atoms with E-state index in [1.807, 2.05) is 0 Å². The first-order valence-electron chi connectivity index (χ1n) is 5.48. The van der Waals surface area contributed by atoms with Crippen LogP contribution in [-0.2, 0) is 4.79 Å². The van der Waals surface area contributed by atoms with Crippen molar-refractivity contribution in [3.63, 3.8) is 0 Å². The zero-order valence-electron chi connectivity index (χ0n) is 9.43. The predicted octanol–water partition coefficient (Wildman–Crippen LogP) is 1.99. The Bertz CT molecular complexity index is 248. The van der Waals surface area contributed by atoms with E-state index in [2.05, 4.69) is 5.32 Å². The molecule has 17 heavy (non-hydrogen) atoms. The van der Waals surface area contributed by atoms with Crippen LogP contribution in [0.5, 0.6) is 0 Å². The first-order chi connectivity index (χ1) is 7.42. The van der Waals surface area contributed by atoms with Crippen LogP contribution >= 0.6 is 12.4 Å². The van der Waals surface area contributed by atoms with E-state index in [9.17, 15) is 18.0 Å². The molecule has 0 aliphatic heterocycles. The summed E-state index contributed by atoms with van der Waals surface area (Å²) in [5, 5.41) is 2.44. The second-order valence-electron chi connectivity index (χ2n) is 4.25. The van der Waals surface area contributed by atoms with Crippen LogP contribution in [0.2, 0.25) is 0 Å². The third-order valence-corrected chi connectivity index (χ3v) is 2.92. The highest BCUT2D eigenvalue weighted by Gasteiger charge is 2.33. The average Bonchev–Trinajstić information content (AvgIpc) is 2.15. The molecule has 1 fully saturated rings. The zero-order valence-corrected chi connectivity index (χ0v) is 10.2. The van der Waals surface area contributed by atoms with E-state index >= 15 is 0 Å². The van der Waals surface area contributed by atoms with Gasteiger partial charge in [0, 0.05) is 6.04 Å². The number of alkyl halides is 3. The summed E-state index contributed by atoms with van der Waals surface area (Å²) in [5.74, 6) is -0.830. The predicted molar refractivity (Wildman–Crippen MR) is 60.9 cm³/mol. The van der Waals surface area contributed by atoms with Crippen molar-refractivity contribution in [3.05, 3.63) is 0 Å². The van der Waals surface area contributed by atoms with Gasteiger partial charge in [-0.1, -0.05) is 12.8 Å². The molecule has 3 nitrogen and oxygen atoms in total. The molecule has 2 unspecified atom stereocenters. The summed E-state index contributed by atoms with van der Waals surface area (Å²) < 4.78 is 35.9. The highest BCUT2D eigenvalue weighted by molar-refractivity contribution is 5.85. The summed E-state index contributed by atoms with van der Waals surface area (Å²) in [5.41, 5.74) is 5.52. The Kier molecular flexibility index (Phi) is 6.85. The topological polar surface area (TPSA) is 55.1 Å². The van der Waals surface area contributed by atoms with Crippen LogP contribution in [0.15, 0.2) is 0 Å². The number of hydrogen-bond acceptors (Lipinski definition) is 2. The lowest BCUT2D eigenvalue weighted by Crippen LogP contribution is -2.45. The van der Waals surface area contributed by atoms with E-state index in [0.717, 1.165) is 25.7 Å². The molecule has 0 aromatic rings. The monoisotopic (exact) mass is 274 g/mol. The SMILES string of the molecule is Cl.NCC1CCCCC1NC(=O)CC(F)(F)F. The van der Waals surface area contributed by atoms with Crippen molar-refractivity contribution in [3.8, 4) is 0 Å². The minimum Gasteiger partial charge on any atom is -0.353 e. The molecule has 0 saturated heterocycles. The second-order valence-corrected chi connectivity index (χ2v) is 4.25. The van der Waals surface area contributed by atoms with E-state index in [-0.39, 0.29) is 24.4 Å². The number of hydrogen-bond donors (Lipinski definition) is 2. The van der Waals surface area contributed by atoms with E-state index in [1.165, 1.54) is 0 Å². The summed E-state index contributed by atoms with van der Waals surface area (Å²) in [4.78, 5) is 11.1. The van der Waals surface area contributed by atoms with Gasteiger partial charge < -0.3 is 11.1 Å². The number of halogens is 4. The first kappa shape index (κ1) is 16.5. The molecule has 0 heterocycles. The van der Waals surface area contributed by atoms with E-state index in [1.54, 1.807) is 0 Å². The number of nitrogens with one attached hydrogen (secondary N) is 1. The molecule has 2 atom stereocenters. The Morgan fingerprint density at radius 1 is 1.29 bits per heavy atom. The molecular weight excluding hydrogens is 257 g/mol. The van der Waals surface area contributed by atoms with Gasteiger partial charge in [-0.05, 0) is 25.3 Å². The van der Waals surface area contributed by atoms with Crippen LogP contribution in [0.3, 0.4) is 0 Å². The molecule has 7 heteroatoms. The van der Waals surface area contributed by atoms with E-state index in [0.29, 0.717) is 6.54 Å². The molecule has 0 spiro atoms. The van der Waals surface area contributed by atoms with E-state index in [4.69, 9.17) is 5.73 Å². The Morgan fingerprint density at radius 3 is 2.41 bits per heavy atom. The largest absolute Gasteiger partial charge is 0.397 e. The lowest BCUT2D eigenvalue weighted by atomic mass is 9.84. The Labute approximate surface area is 105 Å². The van der Waals surface area contributed by atoms with Gasteiger partial charge in [0.2, 0.25) is 5.91 Å². The van der Waals surface area contributed by atoms with Crippen LogP contribution in [0.1, 0.15) is 32.1 Å². The average molecular weight is 275 g/mol. The number of carbonyl (C=O) groups is 1. The smallest absolute Gasteiger partial charge is 0.353 e. The standard InChI is InChI=1S/C10H17F3N2O.ClH/c11-10(12,13)5-9(16)15-8-4-2-1-3-7(8)6-14;/h7-8H,1-6,14H2,(H,15,16);1H. The maximum atomic E-state index is 12.0. The quantitative estimate of drug-likeness (QED) is 0.827. The van der Waals surface area contributed by atoms with Crippen molar-refractivity contribution >= 4 is 18.3 Å². The molecule has 1 rings (SSSR count). The molecular formula is C10H18ClF3N2O. The fourth-order valence-electron chi connectivity index (χ4n) is 2.12. The van der Waals surface area contributed by atoms with Crippen molar-refractivity contribution in [1.82, 2.24) is 5.32 Å². The molecule has 0 bridgehead atoms. The molecule has 1 aliphatic rings. The molecule has 1 amide bonds. The molecule has 102 valence electrons. The van der Waals surface area contributed by atoms with Gasteiger partial charge in [0.1, 0.15) is 6.42 Å². The highest BCUT2D eigenvalue weighted by Crippen LogP contribution is 2.24. The van der Waals surface area contributed by atoms with Crippen molar-refractivity contribution in [2.45, 2.75) is 44.3 Å². The van der Waals surface area contributed by atoms with Crippen LogP contribution < -0.4 is 11.1 Å². The molecule has 3 N–H and O–H groups in total. The fraction of sp³-hybridized carbons (Fsp3) is 0.900. The summed E-state index contributed by atoms with van der Waals surface area (Å²) in [6, 6.07) is -0.186. The van der Waals surface area contributed by atoms with Crippen LogP contribution in [0, 0.1) is 5.92 Å². The van der Waals surface area contributed by atoms with Gasteiger partial charge in [0.15, 0.2) is 0 Å². The third-order valence-electron chi connectivity index (χ3n) is 2.92. The molecule has 0 radical (unpaired) electrons. The van der Waals surface area contributed by atoms with Gasteiger partial charge in [-0.25, -0.2) is 0 Å². The molecule has 0 aromatic carbocycles. The van der Waals surface area contributed by atoms with Crippen LogP contribution in [0.25, 0.3) is 0 Å². The molecule has 0 aromatic heterocycles. The van der Waals surface area contributed by atoms with E-state index < -0.39 is 18.5 Å². The van der Waals surface area contributed by atoms with Crippen molar-refractivity contribution < 1.29 is 18.0 Å². The maximum absolute atomic E-state index is 12.0. The second kappa shape index (κ2) is 7.06. The van der Waals surface area contributed by atoms with Gasteiger partial charge in [-0.2, -0.15) is 13.2 Å². The lowest BCUT2D eigenvalue weighted by Gasteiger charge is -2.31. The lowest BCUT2D eigenvalue weighted by molar-refractivity contribution is -0.154. The maximum Gasteiger partial charge on any atom is 0.397 e. The van der Waals surface area contributed by atoms with Gasteiger partial charge in [0.25, 0.3) is 0 Å². The third kappa shape index (κ3) is 6.12. The number of amides is 1. The Balaban J connectivity index is 0.00000256. The first-order valence-corrected chi connectivity index (χ1v) is 5.48. The van der Waals surface area contributed by atoms with Crippen LogP contribution in [0.4, 0.5) is 13.2 Å². The summed E-state index contributed by atoms with van der Waals surface area (Å²) in [6.07, 6.45) is -2.25. The van der Waals surface area contributed by atoms with Crippen LogP contribution in [-0.4, -0.2) is 24.7 Å². The van der Waals surface area contributed by atoms with Gasteiger partial charge in [-0.3, -0.25) is 4.79 Å². The number of rotatable bonds is 3. The Morgan fingerprint density at radius 2 is 1.88 bits per heavy atom. The van der Waals surface area contributed by atoms with Crippen molar-refractivity contribution in [2.24, 2.45) is 11.7 Å². The van der Waals surface area contributed by atoms with Crippen molar-refractivity contribution in [2.75, 3.05) is 6.54 Å². The minimum absolute atomic E-state index is 0. The number of carbonyl (C=O) groups excluding carboxylic acids is 1. The molecule has 1 aliphatic carbocycles. The summed E-state index contributed by atoms with van der Waals surface area (Å²) in [7, 11) is 0. The zero-order chi connectivity index (χ0) is 12.2. The fourth-order valence-corrected chi connectivity index (χ4v) is 2.12.